The molecule has 6 nitrogen and oxygen atoms in total. The molecule has 0 saturated carbocycles. The number of nitrogens with one attached hydrogen (secondary N) is 1. The van der Waals surface area contributed by atoms with Crippen molar-refractivity contribution in [3.8, 4) is 11.4 Å². The molecule has 1 saturated heterocycles. The Kier molecular flexibility index (Phi) is 7.06. The van der Waals surface area contributed by atoms with Crippen LogP contribution >= 0.6 is 15.9 Å². The van der Waals surface area contributed by atoms with Gasteiger partial charge in [-0.15, -0.1) is 0 Å². The standard InChI is InChI=1S/C25H29BrN4O2/c1-16-9-10-19(12-17(16)2)18(3)27-25(31)21-7-5-11-30(14-21)15-23-28-24(29-32-23)20-6-4-8-22(26)13-20/h4,6,8-10,12-13,18,21H,5,7,11,14-15H2,1-3H3,(H,27,31). The molecule has 0 radical (unpaired) electrons. The van der Waals surface area contributed by atoms with E-state index in [1.807, 2.05) is 31.2 Å². The predicted molar refractivity (Wildman–Crippen MR) is 128 cm³/mol. The number of rotatable bonds is 6. The van der Waals surface area contributed by atoms with Crippen molar-refractivity contribution in [3.63, 3.8) is 0 Å². The molecule has 7 heteroatoms. The van der Waals surface area contributed by atoms with Gasteiger partial charge in [0.2, 0.25) is 17.6 Å². The molecule has 4 rings (SSSR count). The minimum absolute atomic E-state index is 0.0131. The number of aromatic nitrogens is 2. The van der Waals surface area contributed by atoms with Crippen LogP contribution < -0.4 is 5.32 Å². The number of amides is 1. The number of halogens is 1. The molecule has 1 amide bonds. The van der Waals surface area contributed by atoms with Crippen LogP contribution in [0.4, 0.5) is 0 Å². The minimum Gasteiger partial charge on any atom is -0.349 e. The summed E-state index contributed by atoms with van der Waals surface area (Å²) in [4.78, 5) is 19.7. The Bertz CT molecular complexity index is 1100. The van der Waals surface area contributed by atoms with Crippen LogP contribution in [0.5, 0.6) is 0 Å². The van der Waals surface area contributed by atoms with Crippen molar-refractivity contribution in [2.45, 2.75) is 46.2 Å². The first-order valence-corrected chi connectivity index (χ1v) is 11.9. The van der Waals surface area contributed by atoms with E-state index in [9.17, 15) is 4.79 Å². The number of aryl methyl sites for hydroxylation is 2. The van der Waals surface area contributed by atoms with Gasteiger partial charge in [0.1, 0.15) is 0 Å². The van der Waals surface area contributed by atoms with E-state index >= 15 is 0 Å². The molecule has 168 valence electrons. The van der Waals surface area contributed by atoms with E-state index in [1.165, 1.54) is 11.1 Å². The largest absolute Gasteiger partial charge is 0.349 e. The summed E-state index contributed by atoms with van der Waals surface area (Å²) >= 11 is 3.47. The monoisotopic (exact) mass is 496 g/mol. The first kappa shape index (κ1) is 22.7. The number of hydrogen-bond donors (Lipinski definition) is 1. The molecule has 1 aromatic heterocycles. The predicted octanol–water partition coefficient (Wildman–Crippen LogP) is 5.21. The summed E-state index contributed by atoms with van der Waals surface area (Å²) in [5, 5.41) is 7.33. The van der Waals surface area contributed by atoms with Crippen molar-refractivity contribution < 1.29 is 9.32 Å². The summed E-state index contributed by atoms with van der Waals surface area (Å²) in [6, 6.07) is 14.2. The number of piperidine rings is 1. The summed E-state index contributed by atoms with van der Waals surface area (Å²) in [7, 11) is 0. The molecule has 1 aliphatic rings. The summed E-state index contributed by atoms with van der Waals surface area (Å²) in [5.74, 6) is 1.23. The van der Waals surface area contributed by atoms with Crippen LogP contribution in [0.25, 0.3) is 11.4 Å². The highest BCUT2D eigenvalue weighted by Crippen LogP contribution is 2.23. The third kappa shape index (κ3) is 5.45. The quantitative estimate of drug-likeness (QED) is 0.507. The third-order valence-corrected chi connectivity index (χ3v) is 6.67. The fourth-order valence-corrected chi connectivity index (χ4v) is 4.52. The number of likely N-dealkylation sites (tertiary alicyclic amines) is 1. The van der Waals surface area contributed by atoms with Gasteiger partial charge in [-0.05, 0) is 69.0 Å². The molecule has 1 fully saturated rings. The lowest BCUT2D eigenvalue weighted by Crippen LogP contribution is -2.43. The van der Waals surface area contributed by atoms with Gasteiger partial charge >= 0.3 is 0 Å². The van der Waals surface area contributed by atoms with E-state index in [4.69, 9.17) is 4.52 Å². The Balaban J connectivity index is 1.35. The third-order valence-electron chi connectivity index (χ3n) is 6.18. The molecule has 1 aliphatic heterocycles. The first-order valence-electron chi connectivity index (χ1n) is 11.1. The van der Waals surface area contributed by atoms with Gasteiger partial charge in [0.05, 0.1) is 18.5 Å². The maximum Gasteiger partial charge on any atom is 0.241 e. The minimum atomic E-state index is -0.0368. The van der Waals surface area contributed by atoms with Crippen molar-refractivity contribution in [3.05, 3.63) is 69.5 Å². The number of nitrogens with zero attached hydrogens (tertiary/aromatic N) is 3. The average molecular weight is 497 g/mol. The van der Waals surface area contributed by atoms with Crippen LogP contribution in [-0.4, -0.2) is 34.0 Å². The molecule has 2 aromatic carbocycles. The van der Waals surface area contributed by atoms with Crippen LogP contribution in [0.3, 0.4) is 0 Å². The van der Waals surface area contributed by atoms with Crippen molar-refractivity contribution in [2.24, 2.45) is 5.92 Å². The molecule has 2 unspecified atom stereocenters. The molecule has 32 heavy (non-hydrogen) atoms. The van der Waals surface area contributed by atoms with Crippen LogP contribution in [0.15, 0.2) is 51.5 Å². The van der Waals surface area contributed by atoms with E-state index in [0.29, 0.717) is 24.8 Å². The second kappa shape index (κ2) is 9.96. The average Bonchev–Trinajstić information content (AvgIpc) is 3.24. The van der Waals surface area contributed by atoms with E-state index in [2.05, 4.69) is 68.3 Å². The van der Waals surface area contributed by atoms with Gasteiger partial charge in [0.25, 0.3) is 0 Å². The Morgan fingerprint density at radius 2 is 2.09 bits per heavy atom. The van der Waals surface area contributed by atoms with Crippen LogP contribution in [0, 0.1) is 19.8 Å². The highest BCUT2D eigenvalue weighted by molar-refractivity contribution is 9.10. The van der Waals surface area contributed by atoms with Crippen LogP contribution in [-0.2, 0) is 11.3 Å². The van der Waals surface area contributed by atoms with E-state index in [-0.39, 0.29) is 17.9 Å². The van der Waals surface area contributed by atoms with E-state index in [0.717, 1.165) is 35.0 Å². The maximum absolute atomic E-state index is 13.0. The smallest absolute Gasteiger partial charge is 0.241 e. The number of carbonyl (C=O) groups excluding carboxylic acids is 1. The SMILES string of the molecule is Cc1ccc(C(C)NC(=O)C2CCCN(Cc3nc(-c4cccc(Br)c4)no3)C2)cc1C. The molecular formula is C25H29BrN4O2. The summed E-state index contributed by atoms with van der Waals surface area (Å²) in [6.45, 7) is 8.42. The zero-order chi connectivity index (χ0) is 22.7. The summed E-state index contributed by atoms with van der Waals surface area (Å²) in [5.41, 5.74) is 4.55. The highest BCUT2D eigenvalue weighted by atomic mass is 79.9. The maximum atomic E-state index is 13.0. The Hall–Kier alpha value is -2.51. The topological polar surface area (TPSA) is 71.3 Å². The van der Waals surface area contributed by atoms with Gasteiger partial charge in [0.15, 0.2) is 0 Å². The normalized spacial score (nSPS) is 17.8. The van der Waals surface area contributed by atoms with E-state index < -0.39 is 0 Å². The van der Waals surface area contributed by atoms with Gasteiger partial charge in [-0.25, -0.2) is 0 Å². The van der Waals surface area contributed by atoms with Crippen molar-refractivity contribution in [1.29, 1.82) is 0 Å². The molecule has 2 atom stereocenters. The van der Waals surface area contributed by atoms with E-state index in [1.54, 1.807) is 0 Å². The second-order valence-corrected chi connectivity index (χ2v) is 9.59. The Morgan fingerprint density at radius 1 is 1.25 bits per heavy atom. The van der Waals surface area contributed by atoms with Gasteiger partial charge in [-0.3, -0.25) is 9.69 Å². The van der Waals surface area contributed by atoms with Crippen LogP contribution in [0.2, 0.25) is 0 Å². The van der Waals surface area contributed by atoms with Crippen molar-refractivity contribution in [1.82, 2.24) is 20.4 Å². The number of benzene rings is 2. The Morgan fingerprint density at radius 3 is 2.88 bits per heavy atom. The van der Waals surface area contributed by atoms with Gasteiger partial charge in [-0.2, -0.15) is 4.98 Å². The lowest BCUT2D eigenvalue weighted by molar-refractivity contribution is -0.127. The zero-order valence-electron chi connectivity index (χ0n) is 18.8. The molecule has 2 heterocycles. The molecule has 1 N–H and O–H groups in total. The molecule has 3 aromatic rings. The molecule has 0 spiro atoms. The zero-order valence-corrected chi connectivity index (χ0v) is 20.4. The second-order valence-electron chi connectivity index (χ2n) is 8.67. The van der Waals surface area contributed by atoms with Gasteiger partial charge in [-0.1, -0.05) is 51.4 Å². The summed E-state index contributed by atoms with van der Waals surface area (Å²) in [6.07, 6.45) is 1.87. The van der Waals surface area contributed by atoms with Crippen LogP contribution in [0.1, 0.15) is 48.4 Å². The Labute approximate surface area is 197 Å². The molecule has 0 bridgehead atoms. The lowest BCUT2D eigenvalue weighted by Gasteiger charge is -2.31. The van der Waals surface area contributed by atoms with Gasteiger partial charge < -0.3 is 9.84 Å². The van der Waals surface area contributed by atoms with Crippen molar-refractivity contribution >= 4 is 21.8 Å². The van der Waals surface area contributed by atoms with Crippen molar-refractivity contribution in [2.75, 3.05) is 13.1 Å². The highest BCUT2D eigenvalue weighted by Gasteiger charge is 2.28. The van der Waals surface area contributed by atoms with Gasteiger partial charge in [0, 0.05) is 16.6 Å². The fraction of sp³-hybridized carbons (Fsp3) is 0.400. The first-order chi connectivity index (χ1) is 15.4. The molecular weight excluding hydrogens is 468 g/mol. The number of carbonyl (C=O) groups is 1. The lowest BCUT2D eigenvalue weighted by atomic mass is 9.96. The fourth-order valence-electron chi connectivity index (χ4n) is 4.12. The summed E-state index contributed by atoms with van der Waals surface area (Å²) < 4.78 is 6.46. The number of hydrogen-bond acceptors (Lipinski definition) is 5. The molecule has 0 aliphatic carbocycles.